The monoisotopic (exact) mass is 376 g/mol. The smallest absolute Gasteiger partial charge is 0.409 e. The van der Waals surface area contributed by atoms with Crippen molar-refractivity contribution in [2.24, 2.45) is 0 Å². The number of amides is 3. The molecule has 0 unspecified atom stereocenters. The summed E-state index contributed by atoms with van der Waals surface area (Å²) in [5.41, 5.74) is 0.434. The second kappa shape index (κ2) is 8.65. The fourth-order valence-corrected chi connectivity index (χ4v) is 3.11. The van der Waals surface area contributed by atoms with Crippen LogP contribution in [0, 0.1) is 0 Å². The molecule has 0 atom stereocenters. The summed E-state index contributed by atoms with van der Waals surface area (Å²) in [6.45, 7) is 6.56. The fourth-order valence-electron chi connectivity index (χ4n) is 3.11. The third-order valence-corrected chi connectivity index (χ3v) is 4.72. The molecule has 146 valence electrons. The van der Waals surface area contributed by atoms with Gasteiger partial charge >= 0.3 is 6.09 Å². The summed E-state index contributed by atoms with van der Waals surface area (Å²) >= 11 is 0. The fraction of sp³-hybridized carbons (Fsp3) is 0.588. The predicted molar refractivity (Wildman–Crippen MR) is 96.4 cm³/mol. The molecule has 10 heteroatoms. The van der Waals surface area contributed by atoms with Gasteiger partial charge in [-0.2, -0.15) is 0 Å². The first-order valence-corrected chi connectivity index (χ1v) is 9.09. The molecule has 0 aromatic carbocycles. The van der Waals surface area contributed by atoms with E-state index in [1.165, 1.54) is 12.4 Å². The van der Waals surface area contributed by atoms with Crippen LogP contribution in [0.15, 0.2) is 12.4 Å². The summed E-state index contributed by atoms with van der Waals surface area (Å²) < 4.78 is 5.01. The van der Waals surface area contributed by atoms with E-state index in [4.69, 9.17) is 4.74 Å². The Bertz CT molecular complexity index is 667. The van der Waals surface area contributed by atoms with Crippen LogP contribution >= 0.6 is 0 Å². The highest BCUT2D eigenvalue weighted by atomic mass is 16.6. The highest BCUT2D eigenvalue weighted by Gasteiger charge is 2.25. The SMILES string of the molecule is CCOC(=O)N1CCN(c2ncc(C(=O)N3CCN(C=O)CC3)cn2)CC1. The molecule has 0 bridgehead atoms. The summed E-state index contributed by atoms with van der Waals surface area (Å²) in [4.78, 5) is 50.7. The number of anilines is 1. The number of piperazine rings is 2. The molecular formula is C17H24N6O4. The predicted octanol–water partition coefficient (Wildman–Crippen LogP) is -0.331. The minimum atomic E-state index is -0.298. The third kappa shape index (κ3) is 4.44. The molecular weight excluding hydrogens is 352 g/mol. The van der Waals surface area contributed by atoms with Gasteiger partial charge in [0.25, 0.3) is 5.91 Å². The Balaban J connectivity index is 1.54. The van der Waals surface area contributed by atoms with Crippen LogP contribution in [0.25, 0.3) is 0 Å². The van der Waals surface area contributed by atoms with Gasteiger partial charge in [0.2, 0.25) is 12.4 Å². The van der Waals surface area contributed by atoms with Crippen molar-refractivity contribution in [1.82, 2.24) is 24.7 Å². The lowest BCUT2D eigenvalue weighted by molar-refractivity contribution is -0.119. The number of carbonyl (C=O) groups excluding carboxylic acids is 3. The summed E-state index contributed by atoms with van der Waals surface area (Å²) in [6, 6.07) is 0. The largest absolute Gasteiger partial charge is 0.450 e. The first kappa shape index (κ1) is 18.9. The zero-order valence-corrected chi connectivity index (χ0v) is 15.4. The molecule has 0 radical (unpaired) electrons. The molecule has 2 aliphatic rings. The van der Waals surface area contributed by atoms with Crippen LogP contribution in [0.3, 0.4) is 0 Å². The van der Waals surface area contributed by atoms with Crippen LogP contribution < -0.4 is 4.90 Å². The van der Waals surface area contributed by atoms with Gasteiger partial charge in [0.1, 0.15) is 0 Å². The Morgan fingerprint density at radius 1 is 1.00 bits per heavy atom. The van der Waals surface area contributed by atoms with Crippen LogP contribution in [0.4, 0.5) is 10.7 Å². The minimum absolute atomic E-state index is 0.126. The van der Waals surface area contributed by atoms with Gasteiger partial charge in [-0.3, -0.25) is 9.59 Å². The zero-order valence-electron chi connectivity index (χ0n) is 15.4. The Morgan fingerprint density at radius 3 is 2.15 bits per heavy atom. The van der Waals surface area contributed by atoms with Crippen LogP contribution in [0.2, 0.25) is 0 Å². The van der Waals surface area contributed by atoms with Crippen molar-refractivity contribution in [3.8, 4) is 0 Å². The van der Waals surface area contributed by atoms with E-state index in [-0.39, 0.29) is 12.0 Å². The number of ether oxygens (including phenoxy) is 1. The van der Waals surface area contributed by atoms with E-state index in [0.717, 1.165) is 6.41 Å². The second-order valence-electron chi connectivity index (χ2n) is 6.38. The highest BCUT2D eigenvalue weighted by Crippen LogP contribution is 2.13. The van der Waals surface area contributed by atoms with Crippen molar-refractivity contribution in [2.45, 2.75) is 6.92 Å². The minimum Gasteiger partial charge on any atom is -0.450 e. The van der Waals surface area contributed by atoms with E-state index >= 15 is 0 Å². The maximum Gasteiger partial charge on any atom is 0.409 e. The molecule has 10 nitrogen and oxygen atoms in total. The normalized spacial score (nSPS) is 17.7. The van der Waals surface area contributed by atoms with E-state index in [1.807, 2.05) is 4.90 Å². The molecule has 3 heterocycles. The maximum absolute atomic E-state index is 12.5. The second-order valence-corrected chi connectivity index (χ2v) is 6.38. The van der Waals surface area contributed by atoms with Crippen molar-refractivity contribution in [1.29, 1.82) is 0 Å². The molecule has 3 amide bonds. The molecule has 2 saturated heterocycles. The summed E-state index contributed by atoms with van der Waals surface area (Å²) in [6.07, 6.45) is 3.58. The standard InChI is InChI=1S/C17H24N6O4/c1-2-27-17(26)23-9-7-22(8-10-23)16-18-11-14(12-19-16)15(25)21-5-3-20(13-24)4-6-21/h11-13H,2-10H2,1H3. The third-order valence-electron chi connectivity index (χ3n) is 4.72. The van der Waals surface area contributed by atoms with Crippen molar-refractivity contribution in [3.05, 3.63) is 18.0 Å². The highest BCUT2D eigenvalue weighted by molar-refractivity contribution is 5.93. The van der Waals surface area contributed by atoms with Crippen molar-refractivity contribution in [2.75, 3.05) is 63.9 Å². The zero-order chi connectivity index (χ0) is 19.2. The summed E-state index contributed by atoms with van der Waals surface area (Å²) in [5, 5.41) is 0. The van der Waals surface area contributed by atoms with Crippen LogP contribution in [-0.4, -0.2) is 102 Å². The number of hydrogen-bond donors (Lipinski definition) is 0. The Labute approximate surface area is 157 Å². The first-order valence-electron chi connectivity index (χ1n) is 9.09. The summed E-state index contributed by atoms with van der Waals surface area (Å²) in [7, 11) is 0. The van der Waals surface area contributed by atoms with Gasteiger partial charge in [-0.15, -0.1) is 0 Å². The van der Waals surface area contributed by atoms with Crippen molar-refractivity contribution in [3.63, 3.8) is 0 Å². The lowest BCUT2D eigenvalue weighted by Gasteiger charge is -2.34. The van der Waals surface area contributed by atoms with Gasteiger partial charge in [-0.05, 0) is 6.92 Å². The van der Waals surface area contributed by atoms with Crippen LogP contribution in [0.5, 0.6) is 0 Å². The van der Waals surface area contributed by atoms with Gasteiger partial charge in [0.05, 0.1) is 12.2 Å². The van der Waals surface area contributed by atoms with Crippen molar-refractivity contribution < 1.29 is 19.1 Å². The number of nitrogens with zero attached hydrogens (tertiary/aromatic N) is 6. The van der Waals surface area contributed by atoms with Crippen LogP contribution in [-0.2, 0) is 9.53 Å². The molecule has 2 aliphatic heterocycles. The van der Waals surface area contributed by atoms with E-state index < -0.39 is 0 Å². The number of aromatic nitrogens is 2. The molecule has 0 spiro atoms. The molecule has 3 rings (SSSR count). The molecule has 0 saturated carbocycles. The maximum atomic E-state index is 12.5. The topological polar surface area (TPSA) is 99.2 Å². The van der Waals surface area contributed by atoms with Gasteiger partial charge in [0.15, 0.2) is 0 Å². The molecule has 2 fully saturated rings. The molecule has 1 aromatic heterocycles. The number of rotatable bonds is 4. The van der Waals surface area contributed by atoms with Gasteiger partial charge in [-0.25, -0.2) is 14.8 Å². The Hall–Kier alpha value is -2.91. The van der Waals surface area contributed by atoms with Crippen molar-refractivity contribution >= 4 is 24.4 Å². The number of hydrogen-bond acceptors (Lipinski definition) is 7. The Morgan fingerprint density at radius 2 is 1.59 bits per heavy atom. The lowest BCUT2D eigenvalue weighted by Crippen LogP contribution is -2.49. The van der Waals surface area contributed by atoms with E-state index in [9.17, 15) is 14.4 Å². The molecule has 0 N–H and O–H groups in total. The lowest BCUT2D eigenvalue weighted by atomic mass is 10.2. The van der Waals surface area contributed by atoms with Crippen LogP contribution in [0.1, 0.15) is 17.3 Å². The summed E-state index contributed by atoms with van der Waals surface area (Å²) in [5.74, 6) is 0.417. The molecule has 0 aliphatic carbocycles. The van der Waals surface area contributed by atoms with E-state index in [2.05, 4.69) is 9.97 Å². The van der Waals surface area contributed by atoms with Gasteiger partial charge in [-0.1, -0.05) is 0 Å². The van der Waals surface area contributed by atoms with E-state index in [1.54, 1.807) is 21.6 Å². The molecule has 27 heavy (non-hydrogen) atoms. The first-order chi connectivity index (χ1) is 13.1. The number of carbonyl (C=O) groups is 3. The van der Waals surface area contributed by atoms with Gasteiger partial charge < -0.3 is 24.3 Å². The quantitative estimate of drug-likeness (QED) is 0.664. The average Bonchev–Trinajstić information content (AvgIpc) is 2.74. The Kier molecular flexibility index (Phi) is 6.05. The molecule has 1 aromatic rings. The van der Waals surface area contributed by atoms with E-state index in [0.29, 0.717) is 70.5 Å². The van der Waals surface area contributed by atoms with Gasteiger partial charge in [0, 0.05) is 64.8 Å². The average molecular weight is 376 g/mol.